The molecule has 0 aliphatic carbocycles. The van der Waals surface area contributed by atoms with Gasteiger partial charge in [-0.3, -0.25) is 14.2 Å². The van der Waals surface area contributed by atoms with Crippen molar-refractivity contribution in [2.45, 2.75) is 32.7 Å². The first-order chi connectivity index (χ1) is 14.6. The van der Waals surface area contributed by atoms with E-state index in [0.717, 1.165) is 18.4 Å². The molecule has 0 atom stereocenters. The van der Waals surface area contributed by atoms with Gasteiger partial charge in [0.1, 0.15) is 11.3 Å². The van der Waals surface area contributed by atoms with Crippen LogP contribution in [-0.4, -0.2) is 19.3 Å². The number of hydrogen-bond acceptors (Lipinski definition) is 4. The van der Waals surface area contributed by atoms with Gasteiger partial charge >= 0.3 is 0 Å². The summed E-state index contributed by atoms with van der Waals surface area (Å²) in [7, 11) is 0. The Morgan fingerprint density at radius 3 is 2.30 bits per heavy atom. The van der Waals surface area contributed by atoms with Crippen LogP contribution < -0.4 is 11.0 Å². The third kappa shape index (κ3) is 3.64. The first kappa shape index (κ1) is 19.6. The quantitative estimate of drug-likeness (QED) is 0.535. The molecule has 0 radical (unpaired) electrons. The van der Waals surface area contributed by atoms with Gasteiger partial charge in [0, 0.05) is 11.6 Å². The van der Waals surface area contributed by atoms with Crippen molar-refractivity contribution in [2.75, 3.05) is 0 Å². The minimum Gasteiger partial charge on any atom is -0.494 e. The summed E-state index contributed by atoms with van der Waals surface area (Å²) in [5, 5.41) is 15.4. The molecular weight excluding hydrogens is 378 g/mol. The number of hydrogen-bond donors (Lipinski definition) is 1. The number of aromatic nitrogens is 3. The lowest BCUT2D eigenvalue weighted by Gasteiger charge is -2.17. The molecule has 0 saturated heterocycles. The van der Waals surface area contributed by atoms with Crippen LogP contribution >= 0.6 is 0 Å². The SMILES string of the molecule is CCCCc1c(O)n(Cc2ccccc2)c2cc(=O)c(-c3ccccc3)nn2c1=O. The van der Waals surface area contributed by atoms with Gasteiger partial charge in [0.25, 0.3) is 5.56 Å². The molecule has 0 fully saturated rings. The molecule has 30 heavy (non-hydrogen) atoms. The van der Waals surface area contributed by atoms with Crippen molar-refractivity contribution in [3.05, 3.63) is 98.4 Å². The number of fused-ring (bicyclic) bond motifs is 1. The highest BCUT2D eigenvalue weighted by atomic mass is 16.3. The van der Waals surface area contributed by atoms with E-state index >= 15 is 0 Å². The van der Waals surface area contributed by atoms with Crippen LogP contribution in [-0.2, 0) is 13.0 Å². The molecule has 0 spiro atoms. The molecular formula is C24H23N3O3. The topological polar surface area (TPSA) is 76.6 Å². The summed E-state index contributed by atoms with van der Waals surface area (Å²) in [6, 6.07) is 20.1. The van der Waals surface area contributed by atoms with Crippen molar-refractivity contribution in [1.29, 1.82) is 0 Å². The Labute approximate surface area is 173 Å². The van der Waals surface area contributed by atoms with Crippen LogP contribution in [0.3, 0.4) is 0 Å². The molecule has 4 aromatic rings. The summed E-state index contributed by atoms with van der Waals surface area (Å²) in [6.07, 6.45) is 2.11. The van der Waals surface area contributed by atoms with Gasteiger partial charge in [0.05, 0.1) is 12.1 Å². The fraction of sp³-hybridized carbons (Fsp3) is 0.208. The number of nitrogens with zero attached hydrogens (tertiary/aromatic N) is 3. The van der Waals surface area contributed by atoms with Crippen LogP contribution in [0.25, 0.3) is 16.9 Å². The van der Waals surface area contributed by atoms with Gasteiger partial charge in [-0.05, 0) is 18.4 Å². The highest BCUT2D eigenvalue weighted by molar-refractivity contribution is 5.60. The minimum atomic E-state index is -0.391. The highest BCUT2D eigenvalue weighted by Gasteiger charge is 2.19. The monoisotopic (exact) mass is 401 g/mol. The molecule has 0 aliphatic rings. The second-order valence-electron chi connectivity index (χ2n) is 7.28. The zero-order valence-electron chi connectivity index (χ0n) is 16.8. The van der Waals surface area contributed by atoms with Gasteiger partial charge in [0.15, 0.2) is 0 Å². The maximum Gasteiger partial charge on any atom is 0.281 e. The van der Waals surface area contributed by atoms with Gasteiger partial charge in [-0.15, -0.1) is 0 Å². The molecule has 6 heteroatoms. The molecule has 4 rings (SSSR count). The zero-order chi connectivity index (χ0) is 21.1. The Morgan fingerprint density at radius 1 is 0.967 bits per heavy atom. The van der Waals surface area contributed by atoms with Crippen LogP contribution in [0.4, 0.5) is 0 Å². The van der Waals surface area contributed by atoms with E-state index in [1.165, 1.54) is 10.6 Å². The largest absolute Gasteiger partial charge is 0.494 e. The maximum absolute atomic E-state index is 13.2. The van der Waals surface area contributed by atoms with Gasteiger partial charge in [0.2, 0.25) is 11.3 Å². The van der Waals surface area contributed by atoms with E-state index in [-0.39, 0.29) is 22.6 Å². The fourth-order valence-electron chi connectivity index (χ4n) is 3.57. The van der Waals surface area contributed by atoms with Gasteiger partial charge in [-0.2, -0.15) is 9.61 Å². The Balaban J connectivity index is 2.00. The van der Waals surface area contributed by atoms with E-state index in [1.807, 2.05) is 55.5 Å². The fourth-order valence-corrected chi connectivity index (χ4v) is 3.57. The molecule has 0 amide bonds. The maximum atomic E-state index is 13.2. The van der Waals surface area contributed by atoms with E-state index in [9.17, 15) is 14.7 Å². The number of rotatable bonds is 6. The van der Waals surface area contributed by atoms with E-state index in [2.05, 4.69) is 5.10 Å². The smallest absolute Gasteiger partial charge is 0.281 e. The highest BCUT2D eigenvalue weighted by Crippen LogP contribution is 2.21. The molecule has 0 bridgehead atoms. The van der Waals surface area contributed by atoms with Gasteiger partial charge in [-0.1, -0.05) is 74.0 Å². The molecule has 0 unspecified atom stereocenters. The van der Waals surface area contributed by atoms with E-state index < -0.39 is 5.56 Å². The van der Waals surface area contributed by atoms with Gasteiger partial charge in [-0.25, -0.2) is 0 Å². The van der Waals surface area contributed by atoms with Crippen LogP contribution in [0.2, 0.25) is 0 Å². The molecule has 2 aromatic carbocycles. The van der Waals surface area contributed by atoms with Crippen molar-refractivity contribution >= 4 is 5.65 Å². The van der Waals surface area contributed by atoms with Crippen LogP contribution in [0.15, 0.2) is 76.3 Å². The second-order valence-corrected chi connectivity index (χ2v) is 7.28. The first-order valence-corrected chi connectivity index (χ1v) is 10.1. The first-order valence-electron chi connectivity index (χ1n) is 10.1. The normalized spacial score (nSPS) is 11.1. The minimum absolute atomic E-state index is 0.106. The summed E-state index contributed by atoms with van der Waals surface area (Å²) in [5.41, 5.74) is 1.69. The lowest BCUT2D eigenvalue weighted by molar-refractivity contribution is 0.409. The molecule has 152 valence electrons. The van der Waals surface area contributed by atoms with E-state index in [4.69, 9.17) is 0 Å². The number of aromatic hydroxyl groups is 1. The summed E-state index contributed by atoms with van der Waals surface area (Å²) in [6.45, 7) is 2.35. The summed E-state index contributed by atoms with van der Waals surface area (Å²) < 4.78 is 2.84. The summed E-state index contributed by atoms with van der Waals surface area (Å²) in [5.74, 6) is -0.106. The zero-order valence-corrected chi connectivity index (χ0v) is 16.8. The molecule has 2 aromatic heterocycles. The predicted octanol–water partition coefficient (Wildman–Crippen LogP) is 3.62. The lowest BCUT2D eigenvalue weighted by atomic mass is 10.1. The van der Waals surface area contributed by atoms with E-state index in [0.29, 0.717) is 24.1 Å². The summed E-state index contributed by atoms with van der Waals surface area (Å²) in [4.78, 5) is 26.0. The second kappa shape index (κ2) is 8.37. The molecule has 2 heterocycles. The third-order valence-electron chi connectivity index (χ3n) is 5.17. The molecule has 1 N–H and O–H groups in total. The van der Waals surface area contributed by atoms with Crippen molar-refractivity contribution in [2.24, 2.45) is 0 Å². The Kier molecular flexibility index (Phi) is 5.48. The Morgan fingerprint density at radius 2 is 1.63 bits per heavy atom. The standard InChI is InChI=1S/C24H23N3O3/c1-2-3-14-19-23(29)26(16-17-10-6-4-7-11-17)21-15-20(28)22(25-27(21)24(19)30)18-12-8-5-9-13-18/h4-13,15,29H,2-3,14,16H2,1H3. The third-order valence-corrected chi connectivity index (χ3v) is 5.17. The van der Waals surface area contributed by atoms with Crippen LogP contribution in [0.1, 0.15) is 30.9 Å². The van der Waals surface area contributed by atoms with Crippen molar-refractivity contribution in [3.63, 3.8) is 0 Å². The Bertz CT molecular complexity index is 1290. The molecule has 6 nitrogen and oxygen atoms in total. The van der Waals surface area contributed by atoms with Crippen LogP contribution in [0, 0.1) is 0 Å². The lowest BCUT2D eigenvalue weighted by Crippen LogP contribution is -2.28. The molecule has 0 aliphatic heterocycles. The van der Waals surface area contributed by atoms with Crippen molar-refractivity contribution in [1.82, 2.24) is 14.2 Å². The van der Waals surface area contributed by atoms with Gasteiger partial charge < -0.3 is 5.11 Å². The van der Waals surface area contributed by atoms with Crippen molar-refractivity contribution in [3.8, 4) is 17.1 Å². The summed E-state index contributed by atoms with van der Waals surface area (Å²) >= 11 is 0. The average Bonchev–Trinajstić information content (AvgIpc) is 2.78. The Hall–Kier alpha value is -3.67. The molecule has 0 saturated carbocycles. The average molecular weight is 401 g/mol. The number of benzene rings is 2. The van der Waals surface area contributed by atoms with Crippen LogP contribution in [0.5, 0.6) is 5.88 Å². The van der Waals surface area contributed by atoms with Crippen molar-refractivity contribution < 1.29 is 5.11 Å². The van der Waals surface area contributed by atoms with E-state index in [1.54, 1.807) is 16.7 Å². The predicted molar refractivity (Wildman–Crippen MR) is 117 cm³/mol. The number of unbranched alkanes of at least 4 members (excludes halogenated alkanes) is 1.